The highest BCUT2D eigenvalue weighted by atomic mass is 16.6. The molecule has 0 radical (unpaired) electrons. The fraction of sp³-hybridized carbons (Fsp3) is 0.889. The quantitative estimate of drug-likeness (QED) is 0.596. The van der Waals surface area contributed by atoms with Crippen molar-refractivity contribution in [2.75, 3.05) is 0 Å². The van der Waals surface area contributed by atoms with Gasteiger partial charge < -0.3 is 4.74 Å². The molecule has 0 N–H and O–H groups in total. The summed E-state index contributed by atoms with van der Waals surface area (Å²) in [6.07, 6.45) is -4.53. The Labute approximate surface area is 74.6 Å². The molecule has 0 aromatic heterocycles. The van der Waals surface area contributed by atoms with Crippen molar-refractivity contribution in [2.45, 2.75) is 52.5 Å². The van der Waals surface area contributed by atoms with Gasteiger partial charge in [-0.25, -0.2) is 0 Å². The van der Waals surface area contributed by atoms with Gasteiger partial charge >= 0.3 is 5.97 Å². The van der Waals surface area contributed by atoms with Crippen molar-refractivity contribution in [1.82, 2.24) is 0 Å². The topological polar surface area (TPSA) is 26.3 Å². The lowest BCUT2D eigenvalue weighted by Gasteiger charge is -2.19. The van der Waals surface area contributed by atoms with Gasteiger partial charge in [0, 0.05) is 11.9 Å². The van der Waals surface area contributed by atoms with Crippen molar-refractivity contribution in [1.29, 1.82) is 0 Å². The van der Waals surface area contributed by atoms with Crippen LogP contribution in [0.4, 0.5) is 0 Å². The SMILES string of the molecule is [2H]C([2H])(C)CC([2H])([2H])C(=O)OC(C)(C)C. The van der Waals surface area contributed by atoms with Gasteiger partial charge in [0.2, 0.25) is 0 Å². The minimum Gasteiger partial charge on any atom is -0.460 e. The first kappa shape index (κ1) is 5.18. The summed E-state index contributed by atoms with van der Waals surface area (Å²) in [4.78, 5) is 11.4. The Bertz CT molecular complexity index is 237. The van der Waals surface area contributed by atoms with Crippen molar-refractivity contribution in [3.8, 4) is 0 Å². The molecule has 0 heterocycles. The fourth-order valence-corrected chi connectivity index (χ4v) is 0.475. The summed E-state index contributed by atoms with van der Waals surface area (Å²) in [5, 5.41) is 0. The van der Waals surface area contributed by atoms with Gasteiger partial charge in [-0.2, -0.15) is 0 Å². The summed E-state index contributed by atoms with van der Waals surface area (Å²) >= 11 is 0. The molecule has 0 atom stereocenters. The van der Waals surface area contributed by atoms with Crippen molar-refractivity contribution < 1.29 is 15.0 Å². The van der Waals surface area contributed by atoms with Crippen LogP contribution >= 0.6 is 0 Å². The number of carbonyl (C=O) groups excluding carboxylic acids is 1. The first-order chi connectivity index (χ1) is 6.33. The van der Waals surface area contributed by atoms with E-state index in [1.165, 1.54) is 6.92 Å². The molecule has 0 saturated carbocycles. The van der Waals surface area contributed by atoms with Crippen LogP contribution in [0.3, 0.4) is 0 Å². The second-order valence-corrected chi connectivity index (χ2v) is 3.21. The second-order valence-electron chi connectivity index (χ2n) is 3.21. The van der Waals surface area contributed by atoms with Crippen LogP contribution in [0.1, 0.15) is 52.3 Å². The van der Waals surface area contributed by atoms with E-state index < -0.39 is 30.7 Å². The largest absolute Gasteiger partial charge is 0.460 e. The number of hydrogen-bond acceptors (Lipinski definition) is 2. The monoisotopic (exact) mass is 162 g/mol. The van der Waals surface area contributed by atoms with Crippen LogP contribution in [0.2, 0.25) is 0 Å². The Morgan fingerprint density at radius 3 is 2.45 bits per heavy atom. The van der Waals surface area contributed by atoms with E-state index in [9.17, 15) is 4.79 Å². The molecular weight excluding hydrogens is 140 g/mol. The minimum atomic E-state index is -2.29. The van der Waals surface area contributed by atoms with E-state index in [0.29, 0.717) is 0 Å². The molecule has 2 heteroatoms. The Balaban J connectivity index is 4.54. The third-order valence-corrected chi connectivity index (χ3v) is 0.808. The van der Waals surface area contributed by atoms with Crippen LogP contribution in [0.25, 0.3) is 0 Å². The minimum absolute atomic E-state index is 0.505. The summed E-state index contributed by atoms with van der Waals surface area (Å²) in [6, 6.07) is 0. The van der Waals surface area contributed by atoms with Crippen LogP contribution in [-0.4, -0.2) is 11.6 Å². The van der Waals surface area contributed by atoms with Crippen LogP contribution in [0.5, 0.6) is 0 Å². The molecule has 66 valence electrons. The predicted octanol–water partition coefficient (Wildman–Crippen LogP) is 2.52. The van der Waals surface area contributed by atoms with Crippen molar-refractivity contribution in [2.24, 2.45) is 0 Å². The molecule has 0 fully saturated rings. The number of rotatable bonds is 3. The molecule has 0 bridgehead atoms. The standard InChI is InChI=1S/C9H18O2/c1-5-6-7-8(10)11-9(2,3)4/h5-7H2,1-4H3/i5D2,7D2. The lowest BCUT2D eigenvalue weighted by Crippen LogP contribution is -2.23. The summed E-state index contributed by atoms with van der Waals surface area (Å²) < 4.78 is 34.2. The zero-order chi connectivity index (χ0) is 12.5. The van der Waals surface area contributed by atoms with Gasteiger partial charge in [0.1, 0.15) is 5.60 Å². The van der Waals surface area contributed by atoms with Gasteiger partial charge in [0.15, 0.2) is 0 Å². The van der Waals surface area contributed by atoms with Gasteiger partial charge in [-0.05, 0) is 27.2 Å². The summed E-state index contributed by atoms with van der Waals surface area (Å²) in [6.45, 7) is 6.15. The van der Waals surface area contributed by atoms with E-state index in [1.807, 2.05) is 0 Å². The normalized spacial score (nSPS) is 19.3. The molecular formula is C9H18O2. The first-order valence-electron chi connectivity index (χ1n) is 5.57. The lowest BCUT2D eigenvalue weighted by atomic mass is 10.2. The average Bonchev–Trinajstić information content (AvgIpc) is 1.75. The molecule has 0 aliphatic rings. The molecule has 0 amide bonds. The number of hydrogen-bond donors (Lipinski definition) is 0. The second kappa shape index (κ2) is 4.37. The number of carbonyl (C=O) groups is 1. The molecule has 0 rings (SSSR count). The number of esters is 1. The molecule has 0 aliphatic carbocycles. The van der Waals surface area contributed by atoms with Crippen molar-refractivity contribution in [3.63, 3.8) is 0 Å². The molecule has 0 aromatic carbocycles. The van der Waals surface area contributed by atoms with E-state index >= 15 is 0 Å². The smallest absolute Gasteiger partial charge is 0.306 e. The average molecular weight is 162 g/mol. The van der Waals surface area contributed by atoms with Crippen LogP contribution in [0.15, 0.2) is 0 Å². The maximum atomic E-state index is 11.4. The summed E-state index contributed by atoms with van der Waals surface area (Å²) in [7, 11) is 0. The zero-order valence-electron chi connectivity index (χ0n) is 11.5. The predicted molar refractivity (Wildman–Crippen MR) is 45.4 cm³/mol. The Morgan fingerprint density at radius 1 is 1.55 bits per heavy atom. The van der Waals surface area contributed by atoms with E-state index in [-0.39, 0.29) is 0 Å². The van der Waals surface area contributed by atoms with E-state index in [1.54, 1.807) is 20.8 Å². The van der Waals surface area contributed by atoms with Gasteiger partial charge in [0.05, 0.1) is 0 Å². The number of ether oxygens (including phenoxy) is 1. The summed E-state index contributed by atoms with van der Waals surface area (Å²) in [5.74, 6) is -1.01. The molecule has 2 nitrogen and oxygen atoms in total. The van der Waals surface area contributed by atoms with Crippen molar-refractivity contribution >= 4 is 5.97 Å². The lowest BCUT2D eigenvalue weighted by molar-refractivity contribution is -0.154. The highest BCUT2D eigenvalue weighted by Gasteiger charge is 2.14. The van der Waals surface area contributed by atoms with Crippen molar-refractivity contribution in [3.05, 3.63) is 0 Å². The fourth-order valence-electron chi connectivity index (χ4n) is 0.475. The Kier molecular flexibility index (Phi) is 2.06. The van der Waals surface area contributed by atoms with Gasteiger partial charge in [-0.15, -0.1) is 0 Å². The third kappa shape index (κ3) is 7.37. The molecule has 0 aromatic rings. The first-order valence-corrected chi connectivity index (χ1v) is 3.57. The highest BCUT2D eigenvalue weighted by molar-refractivity contribution is 5.69. The maximum absolute atomic E-state index is 11.4. The molecule has 0 aliphatic heterocycles. The van der Waals surface area contributed by atoms with E-state index in [4.69, 9.17) is 10.2 Å². The molecule has 0 unspecified atom stereocenters. The zero-order valence-corrected chi connectivity index (χ0v) is 7.52. The third-order valence-electron chi connectivity index (χ3n) is 0.808. The Hall–Kier alpha value is -0.530. The van der Waals surface area contributed by atoms with Gasteiger partial charge in [-0.3, -0.25) is 4.79 Å². The van der Waals surface area contributed by atoms with E-state index in [2.05, 4.69) is 0 Å². The maximum Gasteiger partial charge on any atom is 0.306 e. The summed E-state index contributed by atoms with van der Waals surface area (Å²) in [5.41, 5.74) is -0.759. The molecule has 0 saturated heterocycles. The van der Waals surface area contributed by atoms with Crippen LogP contribution in [-0.2, 0) is 9.53 Å². The van der Waals surface area contributed by atoms with Gasteiger partial charge in [0.25, 0.3) is 0 Å². The Morgan fingerprint density at radius 2 is 2.09 bits per heavy atom. The highest BCUT2D eigenvalue weighted by Crippen LogP contribution is 2.09. The van der Waals surface area contributed by atoms with Crippen LogP contribution < -0.4 is 0 Å². The van der Waals surface area contributed by atoms with Gasteiger partial charge in [-0.1, -0.05) is 13.3 Å². The van der Waals surface area contributed by atoms with E-state index in [0.717, 1.165) is 0 Å². The molecule has 11 heavy (non-hydrogen) atoms. The molecule has 0 spiro atoms. The van der Waals surface area contributed by atoms with Crippen LogP contribution in [0, 0.1) is 0 Å².